The maximum atomic E-state index is 11.4. The van der Waals surface area contributed by atoms with E-state index in [0.717, 1.165) is 78.3 Å². The molecule has 0 saturated heterocycles. The molecule has 6 aliphatic rings. The van der Waals surface area contributed by atoms with Crippen LogP contribution in [0.3, 0.4) is 0 Å². The fourth-order valence-electron chi connectivity index (χ4n) is 12.9. The van der Waals surface area contributed by atoms with Crippen LogP contribution in [0.15, 0.2) is 0 Å². The Hall–Kier alpha value is -0.610. The Morgan fingerprint density at radius 1 is 0.551 bits per heavy atom. The Kier molecular flexibility index (Phi) is 14.7. The van der Waals surface area contributed by atoms with E-state index in [1.54, 1.807) is 6.92 Å². The van der Waals surface area contributed by atoms with Crippen LogP contribution in [0.5, 0.6) is 0 Å². The maximum absolute atomic E-state index is 11.4. The van der Waals surface area contributed by atoms with E-state index in [0.29, 0.717) is 6.10 Å². The quantitative estimate of drug-likeness (QED) is 0.192. The first-order valence-corrected chi connectivity index (χ1v) is 22.3. The highest BCUT2D eigenvalue weighted by Crippen LogP contribution is 2.47. The Morgan fingerprint density at radius 3 is 1.47 bits per heavy atom. The summed E-state index contributed by atoms with van der Waals surface area (Å²) in [5.41, 5.74) is 0. The summed E-state index contributed by atoms with van der Waals surface area (Å²) in [6.45, 7) is 6.77. The Balaban J connectivity index is 1.00. The molecule has 0 bridgehead atoms. The predicted octanol–water partition coefficient (Wildman–Crippen LogP) is 11.9. The van der Waals surface area contributed by atoms with E-state index in [-0.39, 0.29) is 12.1 Å². The molecule has 0 aliphatic heterocycles. The first-order chi connectivity index (χ1) is 23.8. The van der Waals surface area contributed by atoms with Gasteiger partial charge >= 0.3 is 5.97 Å². The predicted molar refractivity (Wildman–Crippen MR) is 203 cm³/mol. The van der Waals surface area contributed by atoms with Gasteiger partial charge in [-0.05, 0) is 176 Å². The zero-order valence-electron chi connectivity index (χ0n) is 32.8. The lowest BCUT2D eigenvalue weighted by Gasteiger charge is -2.52. The van der Waals surface area contributed by atoms with Gasteiger partial charge in [0, 0.05) is 32.2 Å². The molecule has 6 aliphatic carbocycles. The number of nitrogens with zero attached hydrogens (tertiary/aromatic N) is 1. The van der Waals surface area contributed by atoms with Crippen molar-refractivity contribution in [2.75, 3.05) is 7.11 Å². The van der Waals surface area contributed by atoms with Crippen LogP contribution in [0.25, 0.3) is 0 Å². The summed E-state index contributed by atoms with van der Waals surface area (Å²) in [6.07, 6.45) is 38.9. The molecule has 6 saturated carbocycles. The minimum absolute atomic E-state index is 0.0976. The zero-order chi connectivity index (χ0) is 34.2. The highest BCUT2D eigenvalue weighted by Gasteiger charge is 2.42. The highest BCUT2D eigenvalue weighted by molar-refractivity contribution is 5.66. The Bertz CT molecular complexity index is 952. The van der Waals surface area contributed by atoms with Gasteiger partial charge in [-0.15, -0.1) is 0 Å². The van der Waals surface area contributed by atoms with Crippen LogP contribution >= 0.6 is 0 Å². The Morgan fingerprint density at radius 2 is 1.02 bits per heavy atom. The van der Waals surface area contributed by atoms with E-state index >= 15 is 0 Å². The highest BCUT2D eigenvalue weighted by atomic mass is 16.5. The molecule has 0 aromatic heterocycles. The lowest BCUT2D eigenvalue weighted by Crippen LogP contribution is -2.55. The fourth-order valence-corrected chi connectivity index (χ4v) is 12.9. The first kappa shape index (κ1) is 38.1. The van der Waals surface area contributed by atoms with E-state index in [1.165, 1.54) is 161 Å². The molecule has 5 atom stereocenters. The molecule has 4 heteroatoms. The van der Waals surface area contributed by atoms with Crippen molar-refractivity contribution in [2.45, 2.75) is 224 Å². The van der Waals surface area contributed by atoms with Crippen molar-refractivity contribution in [3.05, 3.63) is 0 Å². The summed E-state index contributed by atoms with van der Waals surface area (Å²) in [5.74, 6) is 7.52. The van der Waals surface area contributed by atoms with E-state index < -0.39 is 0 Å². The Labute approximate surface area is 303 Å². The first-order valence-electron chi connectivity index (χ1n) is 22.3. The van der Waals surface area contributed by atoms with Crippen LogP contribution in [0.4, 0.5) is 0 Å². The summed E-state index contributed by atoms with van der Waals surface area (Å²) in [4.78, 5) is 14.7. The molecule has 0 heterocycles. The van der Waals surface area contributed by atoms with Crippen LogP contribution < -0.4 is 0 Å². The maximum Gasteiger partial charge on any atom is 0.302 e. The molecule has 0 N–H and O–H groups in total. The van der Waals surface area contributed by atoms with Gasteiger partial charge in [0.15, 0.2) is 0 Å². The topological polar surface area (TPSA) is 38.8 Å². The van der Waals surface area contributed by atoms with Gasteiger partial charge in [0.05, 0.1) is 6.10 Å². The monoisotopic (exact) mass is 682 g/mol. The largest absolute Gasteiger partial charge is 0.463 e. The third-order valence-electron chi connectivity index (χ3n) is 15.9. The van der Waals surface area contributed by atoms with Crippen molar-refractivity contribution < 1.29 is 14.3 Å². The number of rotatable bonds is 12. The molecule has 0 aromatic rings. The fraction of sp³-hybridized carbons (Fsp3) is 0.978. The molecule has 282 valence electrons. The minimum Gasteiger partial charge on any atom is -0.463 e. The number of carbonyl (C=O) groups is 1. The number of ether oxygens (including phenoxy) is 2. The van der Waals surface area contributed by atoms with Gasteiger partial charge in [-0.2, -0.15) is 0 Å². The standard InChI is InChI=1S/C45H79NO3/c1-32-6-5-7-39(30-32)40-20-29-45(33(2)31-40)46(41-21-12-35(13-22-41)8-10-37-16-25-43(48-4)26-17-37)42-23-14-36(15-24-42)9-11-38-18-27-44(28-19-38)49-34(3)47/h32-33,35-45H,5-31H2,1-4H3. The van der Waals surface area contributed by atoms with E-state index in [4.69, 9.17) is 9.47 Å². The average molecular weight is 682 g/mol. The summed E-state index contributed by atoms with van der Waals surface area (Å²) in [6, 6.07) is 2.52. The minimum atomic E-state index is -0.0976. The SMILES string of the molecule is COC1CCC(CCC2CCC(N(C3CCC(CCC4CCC(OC(C)=O)CC4)CC3)C3CCC(C4CCCC(C)C4)CC3C)CC2)CC1. The number of methoxy groups -OCH3 is 1. The van der Waals surface area contributed by atoms with Crippen molar-refractivity contribution >= 4 is 5.97 Å². The lowest BCUT2D eigenvalue weighted by molar-refractivity contribution is -0.148. The van der Waals surface area contributed by atoms with Crippen LogP contribution in [-0.4, -0.2) is 48.3 Å². The van der Waals surface area contributed by atoms with Crippen LogP contribution in [0.1, 0.15) is 194 Å². The summed E-state index contributed by atoms with van der Waals surface area (Å²) in [5, 5.41) is 0. The summed E-state index contributed by atoms with van der Waals surface area (Å²) < 4.78 is 11.2. The number of hydrogen-bond acceptors (Lipinski definition) is 4. The average Bonchev–Trinajstić information content (AvgIpc) is 3.12. The molecule has 4 nitrogen and oxygen atoms in total. The molecule has 6 fully saturated rings. The third-order valence-corrected chi connectivity index (χ3v) is 15.9. The molecule has 6 rings (SSSR count). The van der Waals surface area contributed by atoms with Crippen molar-refractivity contribution in [3.63, 3.8) is 0 Å². The van der Waals surface area contributed by atoms with Crippen LogP contribution in [-0.2, 0) is 14.3 Å². The molecule has 0 spiro atoms. The second-order valence-electron chi connectivity index (χ2n) is 19.2. The zero-order valence-corrected chi connectivity index (χ0v) is 32.8. The van der Waals surface area contributed by atoms with Gasteiger partial charge in [-0.1, -0.05) is 58.8 Å². The smallest absolute Gasteiger partial charge is 0.302 e. The van der Waals surface area contributed by atoms with Gasteiger partial charge in [-0.3, -0.25) is 9.69 Å². The van der Waals surface area contributed by atoms with Crippen molar-refractivity contribution in [3.8, 4) is 0 Å². The van der Waals surface area contributed by atoms with Crippen molar-refractivity contribution in [1.82, 2.24) is 4.90 Å². The van der Waals surface area contributed by atoms with E-state index in [1.807, 2.05) is 7.11 Å². The van der Waals surface area contributed by atoms with Crippen molar-refractivity contribution in [2.24, 2.45) is 47.3 Å². The molecule has 49 heavy (non-hydrogen) atoms. The van der Waals surface area contributed by atoms with Gasteiger partial charge in [0.25, 0.3) is 0 Å². The lowest BCUT2D eigenvalue weighted by atomic mass is 9.66. The van der Waals surface area contributed by atoms with Gasteiger partial charge in [0.2, 0.25) is 0 Å². The van der Waals surface area contributed by atoms with Crippen LogP contribution in [0.2, 0.25) is 0 Å². The van der Waals surface area contributed by atoms with Gasteiger partial charge in [-0.25, -0.2) is 0 Å². The number of carbonyl (C=O) groups excluding carboxylic acids is 1. The van der Waals surface area contributed by atoms with Crippen molar-refractivity contribution in [1.29, 1.82) is 0 Å². The van der Waals surface area contributed by atoms with Crippen LogP contribution in [0, 0.1) is 47.3 Å². The second-order valence-corrected chi connectivity index (χ2v) is 19.2. The number of esters is 1. The number of hydrogen-bond donors (Lipinski definition) is 0. The normalized spacial score (nSPS) is 42.5. The molecular weight excluding hydrogens is 602 g/mol. The molecular formula is C45H79NO3. The molecule has 0 amide bonds. The molecule has 5 unspecified atom stereocenters. The third kappa shape index (κ3) is 11.0. The summed E-state index contributed by atoms with van der Waals surface area (Å²) in [7, 11) is 1.91. The van der Waals surface area contributed by atoms with E-state index in [2.05, 4.69) is 18.7 Å². The second kappa shape index (κ2) is 18.9. The molecule has 0 radical (unpaired) electrons. The van der Waals surface area contributed by atoms with Gasteiger partial charge in [0.1, 0.15) is 6.10 Å². The summed E-state index contributed by atoms with van der Waals surface area (Å²) >= 11 is 0. The van der Waals surface area contributed by atoms with E-state index in [9.17, 15) is 4.79 Å². The molecule has 0 aromatic carbocycles. The van der Waals surface area contributed by atoms with Gasteiger partial charge < -0.3 is 9.47 Å².